The maximum Gasteiger partial charge on any atom is 0.238 e. The quantitative estimate of drug-likeness (QED) is 0.785. The van der Waals surface area contributed by atoms with E-state index in [2.05, 4.69) is 15.6 Å². The Morgan fingerprint density at radius 3 is 3.00 bits per heavy atom. The van der Waals surface area contributed by atoms with Crippen molar-refractivity contribution in [1.29, 1.82) is 0 Å². The van der Waals surface area contributed by atoms with Crippen LogP contribution >= 0.6 is 0 Å². The number of aryl methyl sites for hydroxylation is 1. The third-order valence-corrected chi connectivity index (χ3v) is 2.57. The fourth-order valence-corrected chi connectivity index (χ4v) is 1.54. The fourth-order valence-electron chi connectivity index (χ4n) is 1.54. The fraction of sp³-hybridized carbons (Fsp3) is 0.500. The zero-order chi connectivity index (χ0) is 11.4. The highest BCUT2D eigenvalue weighted by molar-refractivity contribution is 5.92. The Morgan fingerprint density at radius 2 is 2.31 bits per heavy atom. The lowest BCUT2D eigenvalue weighted by molar-refractivity contribution is -0.115. The van der Waals surface area contributed by atoms with Gasteiger partial charge < -0.3 is 10.6 Å². The minimum Gasteiger partial charge on any atom is -0.324 e. The van der Waals surface area contributed by atoms with Gasteiger partial charge in [-0.2, -0.15) is 0 Å². The number of nitrogens with one attached hydrogen (secondary N) is 2. The monoisotopic (exact) mass is 219 g/mol. The molecular weight excluding hydrogens is 202 g/mol. The first-order valence-electron chi connectivity index (χ1n) is 5.66. The number of hydrogen-bond acceptors (Lipinski definition) is 3. The first kappa shape index (κ1) is 11.1. The summed E-state index contributed by atoms with van der Waals surface area (Å²) in [7, 11) is 0. The van der Waals surface area contributed by atoms with Crippen molar-refractivity contribution in [3.63, 3.8) is 0 Å². The summed E-state index contributed by atoms with van der Waals surface area (Å²) in [4.78, 5) is 15.5. The molecule has 0 spiro atoms. The van der Waals surface area contributed by atoms with E-state index in [-0.39, 0.29) is 5.91 Å². The van der Waals surface area contributed by atoms with Crippen molar-refractivity contribution in [2.75, 3.05) is 18.4 Å². The molecule has 1 aromatic heterocycles. The van der Waals surface area contributed by atoms with Crippen LogP contribution in [0.1, 0.15) is 18.4 Å². The molecule has 0 saturated heterocycles. The lowest BCUT2D eigenvalue weighted by Crippen LogP contribution is -2.29. The highest BCUT2D eigenvalue weighted by atomic mass is 16.1. The van der Waals surface area contributed by atoms with Gasteiger partial charge in [-0.05, 0) is 43.9 Å². The largest absolute Gasteiger partial charge is 0.324 e. The van der Waals surface area contributed by atoms with Crippen LogP contribution in [-0.4, -0.2) is 24.0 Å². The molecule has 86 valence electrons. The van der Waals surface area contributed by atoms with E-state index in [0.29, 0.717) is 6.54 Å². The average molecular weight is 219 g/mol. The van der Waals surface area contributed by atoms with E-state index < -0.39 is 0 Å². The third kappa shape index (κ3) is 3.62. The second-order valence-corrected chi connectivity index (χ2v) is 4.37. The molecule has 1 aliphatic carbocycles. The van der Waals surface area contributed by atoms with Gasteiger partial charge in [-0.25, -0.2) is 0 Å². The SMILES string of the molecule is Cc1cncc(NC(=O)CNCC2CC2)c1. The molecule has 1 aliphatic rings. The van der Waals surface area contributed by atoms with E-state index in [1.165, 1.54) is 12.8 Å². The molecule has 2 N–H and O–H groups in total. The molecule has 1 amide bonds. The van der Waals surface area contributed by atoms with Gasteiger partial charge >= 0.3 is 0 Å². The van der Waals surface area contributed by atoms with Crippen molar-refractivity contribution < 1.29 is 4.79 Å². The van der Waals surface area contributed by atoms with E-state index in [4.69, 9.17) is 0 Å². The van der Waals surface area contributed by atoms with E-state index in [9.17, 15) is 4.79 Å². The molecule has 0 aromatic carbocycles. The van der Waals surface area contributed by atoms with Crippen LogP contribution < -0.4 is 10.6 Å². The van der Waals surface area contributed by atoms with E-state index in [1.54, 1.807) is 12.4 Å². The van der Waals surface area contributed by atoms with Crippen molar-refractivity contribution in [3.05, 3.63) is 24.0 Å². The van der Waals surface area contributed by atoms with Crippen molar-refractivity contribution in [1.82, 2.24) is 10.3 Å². The van der Waals surface area contributed by atoms with Gasteiger partial charge in [-0.1, -0.05) is 0 Å². The van der Waals surface area contributed by atoms with Crippen LogP contribution in [0.3, 0.4) is 0 Å². The molecule has 2 rings (SSSR count). The number of rotatable bonds is 5. The zero-order valence-corrected chi connectivity index (χ0v) is 9.49. The summed E-state index contributed by atoms with van der Waals surface area (Å²) in [6.45, 7) is 3.29. The molecule has 0 bridgehead atoms. The second kappa shape index (κ2) is 5.07. The summed E-state index contributed by atoms with van der Waals surface area (Å²) >= 11 is 0. The molecule has 1 heterocycles. The number of carbonyl (C=O) groups excluding carboxylic acids is 1. The molecule has 0 radical (unpaired) electrons. The Bertz CT molecular complexity index is 374. The number of nitrogens with zero attached hydrogens (tertiary/aromatic N) is 1. The molecule has 4 nitrogen and oxygen atoms in total. The van der Waals surface area contributed by atoms with Gasteiger partial charge in [0.15, 0.2) is 0 Å². The number of anilines is 1. The Balaban J connectivity index is 1.73. The summed E-state index contributed by atoms with van der Waals surface area (Å²) in [5.41, 5.74) is 1.81. The second-order valence-electron chi connectivity index (χ2n) is 4.37. The Labute approximate surface area is 95.5 Å². The highest BCUT2D eigenvalue weighted by Crippen LogP contribution is 2.27. The van der Waals surface area contributed by atoms with Gasteiger partial charge in [-0.15, -0.1) is 0 Å². The molecular formula is C12H17N3O. The molecule has 0 atom stereocenters. The highest BCUT2D eigenvalue weighted by Gasteiger charge is 2.20. The van der Waals surface area contributed by atoms with Gasteiger partial charge in [0.25, 0.3) is 0 Å². The average Bonchev–Trinajstić information content (AvgIpc) is 3.01. The Hall–Kier alpha value is -1.42. The van der Waals surface area contributed by atoms with Gasteiger partial charge in [0.2, 0.25) is 5.91 Å². The minimum atomic E-state index is -0.00644. The summed E-state index contributed by atoms with van der Waals surface area (Å²) in [6.07, 6.45) is 6.03. The predicted molar refractivity (Wildman–Crippen MR) is 63.2 cm³/mol. The van der Waals surface area contributed by atoms with Crippen LogP contribution in [0.2, 0.25) is 0 Å². The molecule has 1 saturated carbocycles. The minimum absolute atomic E-state index is 0.00644. The third-order valence-electron chi connectivity index (χ3n) is 2.57. The molecule has 0 unspecified atom stereocenters. The summed E-state index contributed by atoms with van der Waals surface area (Å²) in [6, 6.07) is 1.91. The normalized spacial score (nSPS) is 14.8. The molecule has 0 aliphatic heterocycles. The van der Waals surface area contributed by atoms with Gasteiger partial charge in [-0.3, -0.25) is 9.78 Å². The maximum absolute atomic E-state index is 11.5. The number of aromatic nitrogens is 1. The van der Waals surface area contributed by atoms with E-state index in [1.807, 2.05) is 13.0 Å². The van der Waals surface area contributed by atoms with Crippen LogP contribution in [0.5, 0.6) is 0 Å². The standard InChI is InChI=1S/C12H17N3O/c1-9-4-11(7-13-5-9)15-12(16)8-14-6-10-2-3-10/h4-5,7,10,14H,2-3,6,8H2,1H3,(H,15,16). The zero-order valence-electron chi connectivity index (χ0n) is 9.49. The van der Waals surface area contributed by atoms with Crippen LogP contribution in [-0.2, 0) is 4.79 Å². The smallest absolute Gasteiger partial charge is 0.238 e. The van der Waals surface area contributed by atoms with Crippen molar-refractivity contribution in [2.24, 2.45) is 5.92 Å². The Morgan fingerprint density at radius 1 is 1.50 bits per heavy atom. The summed E-state index contributed by atoms with van der Waals surface area (Å²) in [5, 5.41) is 5.96. The lowest BCUT2D eigenvalue weighted by Gasteiger charge is -2.06. The first-order valence-corrected chi connectivity index (χ1v) is 5.66. The van der Waals surface area contributed by atoms with E-state index >= 15 is 0 Å². The predicted octanol–water partition coefficient (Wildman–Crippen LogP) is 1.33. The molecule has 1 aromatic rings. The number of amides is 1. The molecule has 4 heteroatoms. The van der Waals surface area contributed by atoms with Crippen molar-refractivity contribution >= 4 is 11.6 Å². The first-order chi connectivity index (χ1) is 7.74. The van der Waals surface area contributed by atoms with Gasteiger partial charge in [0.1, 0.15) is 0 Å². The Kier molecular flexibility index (Phi) is 3.51. The topological polar surface area (TPSA) is 54.0 Å². The van der Waals surface area contributed by atoms with Gasteiger partial charge in [0.05, 0.1) is 18.4 Å². The van der Waals surface area contributed by atoms with Crippen molar-refractivity contribution in [2.45, 2.75) is 19.8 Å². The van der Waals surface area contributed by atoms with Crippen molar-refractivity contribution in [3.8, 4) is 0 Å². The molecule has 1 fully saturated rings. The lowest BCUT2D eigenvalue weighted by atomic mass is 10.3. The molecule has 16 heavy (non-hydrogen) atoms. The summed E-state index contributed by atoms with van der Waals surface area (Å²) in [5.74, 6) is 0.793. The van der Waals surface area contributed by atoms with Crippen LogP contribution in [0.25, 0.3) is 0 Å². The van der Waals surface area contributed by atoms with Crippen LogP contribution in [0, 0.1) is 12.8 Å². The number of pyridine rings is 1. The van der Waals surface area contributed by atoms with Crippen LogP contribution in [0.15, 0.2) is 18.5 Å². The van der Waals surface area contributed by atoms with E-state index in [0.717, 1.165) is 23.7 Å². The summed E-state index contributed by atoms with van der Waals surface area (Å²) < 4.78 is 0. The number of carbonyl (C=O) groups is 1. The number of hydrogen-bond donors (Lipinski definition) is 2. The van der Waals surface area contributed by atoms with Crippen LogP contribution in [0.4, 0.5) is 5.69 Å². The van der Waals surface area contributed by atoms with Gasteiger partial charge in [0, 0.05) is 6.20 Å². The maximum atomic E-state index is 11.5.